The van der Waals surface area contributed by atoms with E-state index in [9.17, 15) is 19.2 Å². The van der Waals surface area contributed by atoms with Gasteiger partial charge in [0.1, 0.15) is 5.69 Å². The van der Waals surface area contributed by atoms with Crippen molar-refractivity contribution in [3.05, 3.63) is 84.2 Å². The Labute approximate surface area is 298 Å². The first-order valence-electron chi connectivity index (χ1n) is 16.3. The molecule has 18 heteroatoms. The van der Waals surface area contributed by atoms with Crippen molar-refractivity contribution in [2.45, 2.75) is 6.42 Å². The molecule has 5 aromatic heterocycles. The maximum Gasteiger partial charge on any atom is 0.292 e. The van der Waals surface area contributed by atoms with Gasteiger partial charge in [0.25, 0.3) is 23.6 Å². The Hall–Kier alpha value is -6.53. The number of hydrogen-bond donors (Lipinski definition) is 5. The molecule has 6 rings (SSSR count). The molecular formula is C34H40N14O4. The predicted molar refractivity (Wildman–Crippen MR) is 195 cm³/mol. The highest BCUT2D eigenvalue weighted by atomic mass is 16.2. The standard InChI is InChI=1S/C34H40N14O4/c1-43(2)12-7-10-37-31(49)20-8-9-23-24(14-20)40-28(39-23)25-16-22(18-46(25)5)48(35)34(52)26-15-21(17-45(26)4)38-33(51)30-41-27(19-47(30)6)42-32(50)29-36-11-13-44(29)3/h8-9,11,13-19H,7,10,12,35H2,1-6H3,(H,37,49)(H,38,51)(H,39,40)(H,42,50). The molecule has 18 nitrogen and oxygen atoms in total. The predicted octanol–water partition coefficient (Wildman–Crippen LogP) is 2.08. The van der Waals surface area contributed by atoms with Gasteiger partial charge in [-0.05, 0) is 57.4 Å². The van der Waals surface area contributed by atoms with Gasteiger partial charge in [-0.3, -0.25) is 19.2 Å². The summed E-state index contributed by atoms with van der Waals surface area (Å²) >= 11 is 0. The number of aromatic nitrogens is 8. The number of aromatic amines is 1. The average molecular weight is 709 g/mol. The van der Waals surface area contributed by atoms with Crippen LogP contribution < -0.4 is 26.8 Å². The van der Waals surface area contributed by atoms with E-state index in [1.807, 2.05) is 20.2 Å². The number of nitrogens with one attached hydrogen (secondary N) is 4. The molecule has 52 heavy (non-hydrogen) atoms. The summed E-state index contributed by atoms with van der Waals surface area (Å²) in [6.45, 7) is 1.45. The summed E-state index contributed by atoms with van der Waals surface area (Å²) in [5, 5.41) is 9.34. The van der Waals surface area contributed by atoms with E-state index in [1.165, 1.54) is 23.0 Å². The smallest absolute Gasteiger partial charge is 0.292 e. The van der Waals surface area contributed by atoms with Gasteiger partial charge in [0.2, 0.25) is 5.82 Å². The lowest BCUT2D eigenvalue weighted by Gasteiger charge is -2.14. The van der Waals surface area contributed by atoms with Gasteiger partial charge in [0.05, 0.1) is 28.1 Å². The SMILES string of the molecule is CN(C)CCCNC(=O)c1ccc2[nH]c(-c3cc(N(N)C(=O)c4cc(NC(=O)c5nc(NC(=O)c6nccn6C)cn5C)cn4C)cn3C)nc2c1. The van der Waals surface area contributed by atoms with Gasteiger partial charge < -0.3 is 44.1 Å². The number of amides is 4. The molecule has 0 bridgehead atoms. The van der Waals surface area contributed by atoms with Gasteiger partial charge >= 0.3 is 0 Å². The number of nitrogens with two attached hydrogens (primary N) is 1. The molecule has 0 radical (unpaired) electrons. The second kappa shape index (κ2) is 14.4. The Morgan fingerprint density at radius 3 is 2.35 bits per heavy atom. The third-order valence-electron chi connectivity index (χ3n) is 8.37. The number of hydrogen-bond acceptors (Lipinski definition) is 9. The van der Waals surface area contributed by atoms with E-state index in [2.05, 4.69) is 35.8 Å². The number of imidazole rings is 3. The van der Waals surface area contributed by atoms with Crippen molar-refractivity contribution in [3.8, 4) is 11.5 Å². The van der Waals surface area contributed by atoms with E-state index < -0.39 is 17.7 Å². The monoisotopic (exact) mass is 708 g/mol. The summed E-state index contributed by atoms with van der Waals surface area (Å²) in [4.78, 5) is 70.3. The van der Waals surface area contributed by atoms with E-state index in [0.29, 0.717) is 40.5 Å². The molecule has 5 heterocycles. The number of anilines is 3. The van der Waals surface area contributed by atoms with E-state index in [1.54, 1.807) is 78.7 Å². The second-order valence-corrected chi connectivity index (χ2v) is 12.7. The van der Waals surface area contributed by atoms with Crippen LogP contribution in [-0.4, -0.2) is 93.9 Å². The third-order valence-corrected chi connectivity index (χ3v) is 8.37. The molecule has 0 unspecified atom stereocenters. The number of aryl methyl sites for hydroxylation is 4. The fourth-order valence-corrected chi connectivity index (χ4v) is 5.65. The molecule has 270 valence electrons. The lowest BCUT2D eigenvalue weighted by atomic mass is 10.2. The van der Waals surface area contributed by atoms with Crippen LogP contribution in [0, 0.1) is 0 Å². The largest absolute Gasteiger partial charge is 0.352 e. The van der Waals surface area contributed by atoms with Crippen LogP contribution in [0.3, 0.4) is 0 Å². The van der Waals surface area contributed by atoms with Crippen molar-refractivity contribution in [3.63, 3.8) is 0 Å². The molecule has 1 aromatic carbocycles. The Morgan fingerprint density at radius 1 is 0.846 bits per heavy atom. The minimum atomic E-state index is -0.555. The fourth-order valence-electron chi connectivity index (χ4n) is 5.65. The molecule has 0 aliphatic heterocycles. The quantitative estimate of drug-likeness (QED) is 0.0545. The van der Waals surface area contributed by atoms with Crippen molar-refractivity contribution in [2.24, 2.45) is 34.0 Å². The number of benzene rings is 1. The van der Waals surface area contributed by atoms with E-state index in [4.69, 9.17) is 10.8 Å². The summed E-state index contributed by atoms with van der Waals surface area (Å²) in [6, 6.07) is 8.52. The van der Waals surface area contributed by atoms with Crippen LogP contribution in [0.25, 0.3) is 22.6 Å². The zero-order valence-electron chi connectivity index (χ0n) is 29.6. The molecule has 6 N–H and O–H groups in total. The van der Waals surface area contributed by atoms with E-state index >= 15 is 0 Å². The lowest BCUT2D eigenvalue weighted by molar-refractivity contribution is 0.0949. The Bertz CT molecular complexity index is 2300. The first kappa shape index (κ1) is 35.3. The minimum Gasteiger partial charge on any atom is -0.352 e. The van der Waals surface area contributed by atoms with Crippen LogP contribution in [0.2, 0.25) is 0 Å². The van der Waals surface area contributed by atoms with E-state index in [0.717, 1.165) is 23.5 Å². The van der Waals surface area contributed by atoms with Gasteiger partial charge in [-0.1, -0.05) is 0 Å². The van der Waals surface area contributed by atoms with Crippen molar-refractivity contribution in [2.75, 3.05) is 42.8 Å². The minimum absolute atomic E-state index is 0.0322. The van der Waals surface area contributed by atoms with Crippen molar-refractivity contribution >= 4 is 51.9 Å². The van der Waals surface area contributed by atoms with Gasteiger partial charge in [-0.2, -0.15) is 0 Å². The summed E-state index contributed by atoms with van der Waals surface area (Å²) in [5.41, 5.74) is 3.49. The summed E-state index contributed by atoms with van der Waals surface area (Å²) in [7, 11) is 10.8. The summed E-state index contributed by atoms with van der Waals surface area (Å²) in [6.07, 6.45) is 8.77. The number of rotatable bonds is 12. The van der Waals surface area contributed by atoms with Crippen molar-refractivity contribution < 1.29 is 19.2 Å². The van der Waals surface area contributed by atoms with Gasteiger partial charge in [-0.25, -0.2) is 25.8 Å². The number of carbonyl (C=O) groups is 4. The first-order valence-corrected chi connectivity index (χ1v) is 16.3. The molecular weight excluding hydrogens is 668 g/mol. The molecule has 0 aliphatic rings. The highest BCUT2D eigenvalue weighted by molar-refractivity contribution is 6.07. The number of H-pyrrole nitrogens is 1. The number of nitrogens with zero attached hydrogens (tertiary/aromatic N) is 9. The fraction of sp³-hybridized carbons (Fsp3) is 0.265. The van der Waals surface area contributed by atoms with Crippen LogP contribution in [0.4, 0.5) is 17.2 Å². The number of carbonyl (C=O) groups excluding carboxylic acids is 4. The van der Waals surface area contributed by atoms with E-state index in [-0.39, 0.29) is 29.1 Å². The molecule has 0 spiro atoms. The van der Waals surface area contributed by atoms with Gasteiger partial charge in [-0.15, -0.1) is 0 Å². The Morgan fingerprint density at radius 2 is 1.62 bits per heavy atom. The Kier molecular flexibility index (Phi) is 9.76. The molecule has 0 fully saturated rings. The average Bonchev–Trinajstić information content (AvgIpc) is 3.93. The molecule has 0 atom stereocenters. The van der Waals surface area contributed by atoms with Crippen molar-refractivity contribution in [1.82, 2.24) is 48.4 Å². The highest BCUT2D eigenvalue weighted by Crippen LogP contribution is 2.27. The molecule has 6 aromatic rings. The van der Waals surface area contributed by atoms with Gasteiger partial charge in [0.15, 0.2) is 17.5 Å². The topological polar surface area (TPSA) is 211 Å². The summed E-state index contributed by atoms with van der Waals surface area (Å²) < 4.78 is 6.37. The van der Waals surface area contributed by atoms with Gasteiger partial charge in [0, 0.05) is 71.3 Å². The van der Waals surface area contributed by atoms with Crippen LogP contribution >= 0.6 is 0 Å². The first-order chi connectivity index (χ1) is 24.8. The zero-order chi connectivity index (χ0) is 37.3. The summed E-state index contributed by atoms with van der Waals surface area (Å²) in [5.74, 6) is 5.55. The molecule has 0 saturated carbocycles. The maximum absolute atomic E-state index is 13.6. The molecule has 0 aliphatic carbocycles. The third kappa shape index (κ3) is 7.32. The normalized spacial score (nSPS) is 11.3. The Balaban J connectivity index is 1.12. The van der Waals surface area contributed by atoms with Crippen LogP contribution in [0.15, 0.2) is 61.3 Å². The lowest BCUT2D eigenvalue weighted by Crippen LogP contribution is -2.38. The van der Waals surface area contributed by atoms with Crippen LogP contribution in [0.1, 0.15) is 48.5 Å². The molecule has 4 amide bonds. The molecule has 0 saturated heterocycles. The second-order valence-electron chi connectivity index (χ2n) is 12.7. The number of hydrazine groups is 1. The number of fused-ring (bicyclic) bond motifs is 1. The zero-order valence-corrected chi connectivity index (χ0v) is 29.6. The van der Waals surface area contributed by atoms with Crippen molar-refractivity contribution in [1.29, 1.82) is 0 Å². The maximum atomic E-state index is 13.6. The van der Waals surface area contributed by atoms with Crippen LogP contribution in [0.5, 0.6) is 0 Å². The van der Waals surface area contributed by atoms with Crippen LogP contribution in [-0.2, 0) is 28.2 Å². The highest BCUT2D eigenvalue weighted by Gasteiger charge is 2.23.